The highest BCUT2D eigenvalue weighted by molar-refractivity contribution is 7.99. The number of thioether (sulfide) groups is 1. The second-order valence-corrected chi connectivity index (χ2v) is 6.76. The minimum Gasteiger partial charge on any atom is -0.325 e. The van der Waals surface area contributed by atoms with Crippen LogP contribution in [0.25, 0.3) is 0 Å². The van der Waals surface area contributed by atoms with Crippen molar-refractivity contribution in [1.29, 1.82) is 0 Å². The van der Waals surface area contributed by atoms with Crippen LogP contribution in [0.1, 0.15) is 32.6 Å². The molecule has 0 aliphatic carbocycles. The fourth-order valence-electron chi connectivity index (χ4n) is 2.33. The molecular weight excluding hydrogens is 296 g/mol. The highest BCUT2D eigenvalue weighted by Crippen LogP contribution is 2.21. The number of hydrogen-bond acceptors (Lipinski definition) is 4. The first-order valence-corrected chi connectivity index (χ1v) is 8.92. The molecule has 1 fully saturated rings. The third-order valence-electron chi connectivity index (χ3n) is 3.69. The van der Waals surface area contributed by atoms with E-state index in [1.54, 1.807) is 0 Å². The molecule has 0 aromatic heterocycles. The van der Waals surface area contributed by atoms with Gasteiger partial charge in [-0.3, -0.25) is 14.5 Å². The molecule has 1 aromatic rings. The average molecular weight is 320 g/mol. The van der Waals surface area contributed by atoms with Gasteiger partial charge in [0.15, 0.2) is 0 Å². The number of unbranched alkanes of at least 4 members (excludes halogenated alkanes) is 1. The van der Waals surface area contributed by atoms with Crippen LogP contribution in [0, 0.1) is 0 Å². The summed E-state index contributed by atoms with van der Waals surface area (Å²) in [5.74, 6) is 1.42. The second kappa shape index (κ2) is 8.96. The van der Waals surface area contributed by atoms with E-state index in [1.165, 1.54) is 17.7 Å². The van der Waals surface area contributed by atoms with Crippen molar-refractivity contribution in [3.63, 3.8) is 0 Å². The van der Waals surface area contributed by atoms with Crippen molar-refractivity contribution in [2.24, 2.45) is 0 Å². The number of rotatable bonds is 7. The number of carbonyl (C=O) groups is 2. The van der Waals surface area contributed by atoms with Gasteiger partial charge in [-0.25, -0.2) is 0 Å². The summed E-state index contributed by atoms with van der Waals surface area (Å²) in [6, 6.07) is 8.00. The average Bonchev–Trinajstić information content (AvgIpc) is 2.51. The molecule has 2 rings (SSSR count). The third kappa shape index (κ3) is 5.81. The quantitative estimate of drug-likeness (QED) is 0.619. The summed E-state index contributed by atoms with van der Waals surface area (Å²) >= 11 is 1.85. The van der Waals surface area contributed by atoms with E-state index in [-0.39, 0.29) is 5.91 Å². The van der Waals surface area contributed by atoms with Gasteiger partial charge in [-0.15, -0.1) is 11.8 Å². The number of nitrogens with zero attached hydrogens (tertiary/aromatic N) is 1. The Morgan fingerprint density at radius 2 is 1.91 bits per heavy atom. The molecule has 1 saturated heterocycles. The van der Waals surface area contributed by atoms with Crippen LogP contribution in [0.4, 0.5) is 5.69 Å². The molecule has 120 valence electrons. The molecule has 0 spiro atoms. The molecule has 0 radical (unpaired) electrons. The van der Waals surface area contributed by atoms with Crippen molar-refractivity contribution in [1.82, 2.24) is 4.90 Å². The van der Waals surface area contributed by atoms with Crippen molar-refractivity contribution in [3.05, 3.63) is 24.3 Å². The van der Waals surface area contributed by atoms with E-state index in [0.29, 0.717) is 38.3 Å². The van der Waals surface area contributed by atoms with Crippen LogP contribution in [-0.4, -0.2) is 42.0 Å². The minimum atomic E-state index is -0.0132. The third-order valence-corrected chi connectivity index (χ3v) is 4.78. The molecule has 22 heavy (non-hydrogen) atoms. The van der Waals surface area contributed by atoms with Gasteiger partial charge in [-0.05, 0) is 36.4 Å². The summed E-state index contributed by atoms with van der Waals surface area (Å²) in [4.78, 5) is 26.5. The van der Waals surface area contributed by atoms with E-state index >= 15 is 0 Å². The highest BCUT2D eigenvalue weighted by atomic mass is 32.2. The molecule has 0 unspecified atom stereocenters. The Morgan fingerprint density at radius 1 is 1.23 bits per heavy atom. The molecule has 1 aliphatic rings. The normalized spacial score (nSPS) is 15.8. The number of ketones is 1. The van der Waals surface area contributed by atoms with Crippen molar-refractivity contribution >= 4 is 29.1 Å². The maximum Gasteiger partial charge on any atom is 0.238 e. The molecule has 5 heteroatoms. The Morgan fingerprint density at radius 3 is 2.55 bits per heavy atom. The maximum atomic E-state index is 12.0. The van der Waals surface area contributed by atoms with Crippen molar-refractivity contribution in [3.8, 4) is 0 Å². The summed E-state index contributed by atoms with van der Waals surface area (Å²) in [5.41, 5.74) is 0.831. The van der Waals surface area contributed by atoms with Gasteiger partial charge in [0.25, 0.3) is 0 Å². The Hall–Kier alpha value is -1.33. The monoisotopic (exact) mass is 320 g/mol. The molecule has 0 saturated carbocycles. The van der Waals surface area contributed by atoms with Crippen molar-refractivity contribution in [2.75, 3.05) is 30.7 Å². The number of nitrogens with one attached hydrogen (secondary N) is 1. The molecule has 1 N–H and O–H groups in total. The van der Waals surface area contributed by atoms with Crippen molar-refractivity contribution < 1.29 is 9.59 Å². The standard InChI is InChI=1S/C17H24N2O2S/c1-2-3-12-22-16-6-4-14(5-7-16)18-17(21)13-19-10-8-15(20)9-11-19/h4-7H,2-3,8-13H2,1H3,(H,18,21). The molecule has 0 atom stereocenters. The number of anilines is 1. The Kier molecular flexibility index (Phi) is 6.93. The lowest BCUT2D eigenvalue weighted by atomic mass is 10.1. The first-order valence-electron chi connectivity index (χ1n) is 7.94. The zero-order valence-electron chi connectivity index (χ0n) is 13.1. The highest BCUT2D eigenvalue weighted by Gasteiger charge is 2.18. The molecule has 1 aromatic carbocycles. The number of likely N-dealkylation sites (tertiary alicyclic amines) is 1. The zero-order chi connectivity index (χ0) is 15.8. The molecular formula is C17H24N2O2S. The van der Waals surface area contributed by atoms with E-state index in [4.69, 9.17) is 0 Å². The van der Waals surface area contributed by atoms with Gasteiger partial charge in [0.1, 0.15) is 5.78 Å². The number of carbonyl (C=O) groups excluding carboxylic acids is 2. The molecule has 1 heterocycles. The minimum absolute atomic E-state index is 0.0132. The predicted molar refractivity (Wildman–Crippen MR) is 91.4 cm³/mol. The molecule has 1 aliphatic heterocycles. The van der Waals surface area contributed by atoms with Gasteiger partial charge >= 0.3 is 0 Å². The van der Waals surface area contributed by atoms with Gasteiger partial charge in [0, 0.05) is 36.5 Å². The van der Waals surface area contributed by atoms with E-state index in [2.05, 4.69) is 24.4 Å². The maximum absolute atomic E-state index is 12.0. The van der Waals surface area contributed by atoms with Gasteiger partial charge in [-0.2, -0.15) is 0 Å². The molecule has 4 nitrogen and oxygen atoms in total. The van der Waals surface area contributed by atoms with Gasteiger partial charge in [0.2, 0.25) is 5.91 Å². The van der Waals surface area contributed by atoms with E-state index in [0.717, 1.165) is 11.4 Å². The largest absolute Gasteiger partial charge is 0.325 e. The number of benzene rings is 1. The van der Waals surface area contributed by atoms with E-state index < -0.39 is 0 Å². The number of hydrogen-bond donors (Lipinski definition) is 1. The summed E-state index contributed by atoms with van der Waals surface area (Å²) < 4.78 is 0. The van der Waals surface area contributed by atoms with Crippen LogP contribution >= 0.6 is 11.8 Å². The van der Waals surface area contributed by atoms with E-state index in [1.807, 2.05) is 28.8 Å². The lowest BCUT2D eigenvalue weighted by Gasteiger charge is -2.24. The van der Waals surface area contributed by atoms with Crippen LogP contribution in [0.5, 0.6) is 0 Å². The predicted octanol–water partition coefficient (Wildman–Crippen LogP) is 3.18. The number of Topliss-reactive ketones (excluding diaryl/α,β-unsaturated/α-hetero) is 1. The topological polar surface area (TPSA) is 49.4 Å². The lowest BCUT2D eigenvalue weighted by Crippen LogP contribution is -2.39. The van der Waals surface area contributed by atoms with Crippen molar-refractivity contribution in [2.45, 2.75) is 37.5 Å². The number of amides is 1. The fourth-order valence-corrected chi connectivity index (χ4v) is 3.33. The van der Waals surface area contributed by atoms with Crippen LogP contribution < -0.4 is 5.32 Å². The second-order valence-electron chi connectivity index (χ2n) is 5.59. The van der Waals surface area contributed by atoms with E-state index in [9.17, 15) is 9.59 Å². The zero-order valence-corrected chi connectivity index (χ0v) is 14.0. The smallest absolute Gasteiger partial charge is 0.238 e. The first-order chi connectivity index (χ1) is 10.7. The summed E-state index contributed by atoms with van der Waals surface area (Å²) in [6.07, 6.45) is 3.57. The summed E-state index contributed by atoms with van der Waals surface area (Å²) in [7, 11) is 0. The SMILES string of the molecule is CCCCSc1ccc(NC(=O)CN2CCC(=O)CC2)cc1. The van der Waals surface area contributed by atoms with Gasteiger partial charge in [-0.1, -0.05) is 13.3 Å². The van der Waals surface area contributed by atoms with Crippen LogP contribution in [0.2, 0.25) is 0 Å². The van der Waals surface area contributed by atoms with Gasteiger partial charge < -0.3 is 5.32 Å². The summed E-state index contributed by atoms with van der Waals surface area (Å²) in [5, 5.41) is 2.92. The Balaban J connectivity index is 1.75. The summed E-state index contributed by atoms with van der Waals surface area (Å²) in [6.45, 7) is 3.94. The molecule has 0 bridgehead atoms. The lowest BCUT2D eigenvalue weighted by molar-refractivity contribution is -0.124. The van der Waals surface area contributed by atoms with Gasteiger partial charge in [0.05, 0.1) is 6.54 Å². The fraction of sp³-hybridized carbons (Fsp3) is 0.529. The van der Waals surface area contributed by atoms with Crippen LogP contribution in [-0.2, 0) is 9.59 Å². The first kappa shape index (κ1) is 17.0. The Labute approximate surface area is 136 Å². The van der Waals surface area contributed by atoms with Crippen LogP contribution in [0.3, 0.4) is 0 Å². The Bertz CT molecular complexity index is 492. The number of piperidine rings is 1. The molecule has 1 amide bonds. The van der Waals surface area contributed by atoms with Crippen LogP contribution in [0.15, 0.2) is 29.2 Å².